The average Bonchev–Trinajstić information content (AvgIpc) is 2.92. The number of unbranched alkanes of at least 4 members (excludes halogenated alkanes) is 11. The molecule has 0 radical (unpaired) electrons. The van der Waals surface area contributed by atoms with Crippen LogP contribution < -0.4 is 5.32 Å². The number of nitrogens with zero attached hydrogens (tertiary/aromatic N) is 1. The van der Waals surface area contributed by atoms with Gasteiger partial charge in [0.15, 0.2) is 0 Å². The fourth-order valence-corrected chi connectivity index (χ4v) is 4.86. The van der Waals surface area contributed by atoms with Gasteiger partial charge in [-0.1, -0.05) is 95.2 Å². The minimum absolute atomic E-state index is 0.0566. The molecule has 0 aliphatic carbocycles. The van der Waals surface area contributed by atoms with Crippen LogP contribution in [0.4, 0.5) is 0 Å². The van der Waals surface area contributed by atoms with Crippen LogP contribution in [0.3, 0.4) is 0 Å². The van der Waals surface area contributed by atoms with Crippen LogP contribution in [0, 0.1) is 0 Å². The number of rotatable bonds is 28. The summed E-state index contributed by atoms with van der Waals surface area (Å²) in [7, 11) is 1.55. The first kappa shape index (κ1) is 40.7. The number of hydrogen-bond acceptors (Lipinski definition) is 5. The summed E-state index contributed by atoms with van der Waals surface area (Å²) in [5, 5.41) is 13.5. The third-order valence-electron chi connectivity index (χ3n) is 6.85. The first-order chi connectivity index (χ1) is 20.0. The van der Waals surface area contributed by atoms with Crippen molar-refractivity contribution in [3.63, 3.8) is 0 Å². The molecule has 3 unspecified atom stereocenters. The zero-order valence-corrected chi connectivity index (χ0v) is 28.4. The van der Waals surface area contributed by atoms with Crippen LogP contribution >= 0.6 is 7.82 Å². The van der Waals surface area contributed by atoms with Gasteiger partial charge < -0.3 is 19.8 Å². The maximum Gasteiger partial charge on any atom is 0.472 e. The lowest BCUT2D eigenvalue weighted by atomic mass is 10.1. The molecular weight excluding hydrogens is 551 g/mol. The van der Waals surface area contributed by atoms with Crippen molar-refractivity contribution in [2.24, 2.45) is 0 Å². The number of likely N-dealkylation sites (N-methyl/N-ethyl adjacent to an activating group) is 1. The lowest BCUT2D eigenvalue weighted by molar-refractivity contribution is -0.870. The second-order valence-corrected chi connectivity index (χ2v) is 13.6. The number of carbonyl (C=O) groups excluding carboxylic acids is 1. The lowest BCUT2D eigenvalue weighted by Crippen LogP contribution is -2.45. The van der Waals surface area contributed by atoms with Crippen LogP contribution in [0.25, 0.3) is 0 Å². The molecule has 9 heteroatoms. The maximum atomic E-state index is 12.6. The van der Waals surface area contributed by atoms with Gasteiger partial charge in [-0.2, -0.15) is 0 Å². The fourth-order valence-electron chi connectivity index (χ4n) is 4.13. The summed E-state index contributed by atoms with van der Waals surface area (Å²) in [4.78, 5) is 22.7. The Morgan fingerprint density at radius 2 is 1.36 bits per heavy atom. The molecule has 0 bridgehead atoms. The van der Waals surface area contributed by atoms with Crippen LogP contribution in [0.5, 0.6) is 0 Å². The van der Waals surface area contributed by atoms with Gasteiger partial charge in [-0.05, 0) is 51.4 Å². The van der Waals surface area contributed by atoms with Gasteiger partial charge in [0.25, 0.3) is 0 Å². The first-order valence-electron chi connectivity index (χ1n) is 16.4. The highest BCUT2D eigenvalue weighted by molar-refractivity contribution is 7.47. The summed E-state index contributed by atoms with van der Waals surface area (Å²) in [5.74, 6) is -0.202. The molecule has 0 aromatic carbocycles. The first-order valence-corrected chi connectivity index (χ1v) is 17.9. The molecule has 3 N–H and O–H groups in total. The Hall–Kier alpha value is -1.28. The van der Waals surface area contributed by atoms with Gasteiger partial charge in [-0.15, -0.1) is 0 Å². The van der Waals surface area contributed by atoms with Crippen molar-refractivity contribution in [3.8, 4) is 0 Å². The highest BCUT2D eigenvalue weighted by Crippen LogP contribution is 2.43. The van der Waals surface area contributed by atoms with Crippen molar-refractivity contribution >= 4 is 13.7 Å². The summed E-state index contributed by atoms with van der Waals surface area (Å²) < 4.78 is 23.2. The highest BCUT2D eigenvalue weighted by Gasteiger charge is 2.27. The molecule has 0 aliphatic rings. The van der Waals surface area contributed by atoms with E-state index in [2.05, 4.69) is 43.5 Å². The number of aliphatic hydroxyl groups is 1. The molecule has 0 spiro atoms. The number of hydrogen-bond donors (Lipinski definition) is 3. The summed E-state index contributed by atoms with van der Waals surface area (Å²) in [6.45, 7) is 4.62. The number of quaternary nitrogens is 1. The van der Waals surface area contributed by atoms with Gasteiger partial charge in [0.2, 0.25) is 5.91 Å². The van der Waals surface area contributed by atoms with E-state index in [1.54, 1.807) is 6.08 Å². The van der Waals surface area contributed by atoms with E-state index in [0.717, 1.165) is 70.6 Å². The molecular formula is C33H64N2O6P+. The molecule has 0 aromatic heterocycles. The number of amides is 1. The summed E-state index contributed by atoms with van der Waals surface area (Å²) in [6, 6.07) is -0.847. The molecule has 3 atom stereocenters. The minimum atomic E-state index is -4.31. The van der Waals surface area contributed by atoms with Crippen LogP contribution in [0.15, 0.2) is 36.5 Å². The van der Waals surface area contributed by atoms with Crippen molar-refractivity contribution < 1.29 is 32.9 Å². The second kappa shape index (κ2) is 26.2. The van der Waals surface area contributed by atoms with Gasteiger partial charge in [0.1, 0.15) is 13.2 Å². The summed E-state index contributed by atoms with van der Waals surface area (Å²) in [6.07, 6.45) is 28.1. The molecule has 8 nitrogen and oxygen atoms in total. The summed E-state index contributed by atoms with van der Waals surface area (Å²) in [5.41, 5.74) is 0. The average molecular weight is 616 g/mol. The second-order valence-electron chi connectivity index (χ2n) is 12.2. The molecule has 0 aliphatic heterocycles. The third-order valence-corrected chi connectivity index (χ3v) is 7.84. The van der Waals surface area contributed by atoms with E-state index >= 15 is 0 Å². The quantitative estimate of drug-likeness (QED) is 0.0362. The number of nitrogens with one attached hydrogen (secondary N) is 1. The van der Waals surface area contributed by atoms with E-state index in [1.807, 2.05) is 27.2 Å². The van der Waals surface area contributed by atoms with E-state index in [4.69, 9.17) is 9.05 Å². The Morgan fingerprint density at radius 3 is 1.95 bits per heavy atom. The number of allylic oxidation sites excluding steroid dienone is 5. The predicted octanol–water partition coefficient (Wildman–Crippen LogP) is 7.62. The molecule has 0 fully saturated rings. The van der Waals surface area contributed by atoms with Crippen LogP contribution in [0.1, 0.15) is 117 Å². The third kappa shape index (κ3) is 27.5. The zero-order chi connectivity index (χ0) is 31.5. The smallest absolute Gasteiger partial charge is 0.387 e. The molecule has 0 saturated heterocycles. The Balaban J connectivity index is 4.45. The molecule has 0 heterocycles. The number of phosphoric ester groups is 1. The standard InChI is InChI=1S/C33H63N2O6P/c1-6-8-10-12-13-14-15-16-17-18-19-20-21-23-25-27-33(37)34-31(32(36)26-24-22-11-9-7-2)30-41-42(38,39)40-29-28-35(3,4)5/h13-14,16-17,24,26,31-32,36H,6-12,15,18-23,25,27-30H2,1-5H3,(H-,34,37,38,39)/p+1/b14-13-,17-16-,26-24+. The van der Waals surface area contributed by atoms with E-state index in [1.165, 1.54) is 25.7 Å². The Labute approximate surface area is 257 Å². The van der Waals surface area contributed by atoms with E-state index in [-0.39, 0.29) is 19.1 Å². The van der Waals surface area contributed by atoms with Crippen LogP contribution in [0.2, 0.25) is 0 Å². The van der Waals surface area contributed by atoms with E-state index in [9.17, 15) is 19.4 Å². The Morgan fingerprint density at radius 1 is 0.810 bits per heavy atom. The van der Waals surface area contributed by atoms with Gasteiger partial charge in [0, 0.05) is 6.42 Å². The minimum Gasteiger partial charge on any atom is -0.387 e. The topological polar surface area (TPSA) is 105 Å². The summed E-state index contributed by atoms with van der Waals surface area (Å²) >= 11 is 0. The van der Waals surface area contributed by atoms with Crippen LogP contribution in [-0.2, 0) is 18.4 Å². The van der Waals surface area contributed by atoms with Crippen molar-refractivity contribution in [3.05, 3.63) is 36.5 Å². The number of carbonyl (C=O) groups is 1. The molecule has 0 saturated carbocycles. The highest BCUT2D eigenvalue weighted by atomic mass is 31.2. The largest absolute Gasteiger partial charge is 0.472 e. The van der Waals surface area contributed by atoms with E-state index < -0.39 is 20.0 Å². The molecule has 0 rings (SSSR count). The Kier molecular flexibility index (Phi) is 25.4. The zero-order valence-electron chi connectivity index (χ0n) is 27.5. The Bertz CT molecular complexity index is 794. The van der Waals surface area contributed by atoms with Gasteiger partial charge in [-0.3, -0.25) is 13.8 Å². The van der Waals surface area contributed by atoms with Crippen molar-refractivity contribution in [2.75, 3.05) is 40.9 Å². The maximum absolute atomic E-state index is 12.6. The monoisotopic (exact) mass is 615 g/mol. The molecule has 1 amide bonds. The molecule has 246 valence electrons. The van der Waals surface area contributed by atoms with E-state index in [0.29, 0.717) is 17.4 Å². The van der Waals surface area contributed by atoms with Crippen LogP contribution in [-0.4, -0.2) is 73.4 Å². The van der Waals surface area contributed by atoms with Gasteiger partial charge in [-0.25, -0.2) is 4.57 Å². The van der Waals surface area contributed by atoms with Gasteiger partial charge in [0.05, 0.1) is 39.9 Å². The molecule has 0 aromatic rings. The SMILES string of the molecule is CCCCC/C=C\C/C=C\CCCCCCCC(=O)NC(COP(=O)(O)OCC[N+](C)(C)C)C(O)/C=C/CCCCC. The van der Waals surface area contributed by atoms with Gasteiger partial charge >= 0.3 is 7.82 Å². The lowest BCUT2D eigenvalue weighted by Gasteiger charge is -2.25. The van der Waals surface area contributed by atoms with Crippen molar-refractivity contribution in [1.29, 1.82) is 0 Å². The normalized spacial score (nSPS) is 15.5. The van der Waals surface area contributed by atoms with Crippen molar-refractivity contribution in [2.45, 2.75) is 129 Å². The fraction of sp³-hybridized carbons (Fsp3) is 0.788. The predicted molar refractivity (Wildman–Crippen MR) is 175 cm³/mol. The number of aliphatic hydroxyl groups excluding tert-OH is 1. The molecule has 42 heavy (non-hydrogen) atoms. The van der Waals surface area contributed by atoms with Crippen molar-refractivity contribution in [1.82, 2.24) is 5.32 Å². The number of phosphoric acid groups is 1.